The molecule has 0 atom stereocenters. The summed E-state index contributed by atoms with van der Waals surface area (Å²) < 4.78 is 23.3. The number of nitrogens with zero attached hydrogens (tertiary/aromatic N) is 1. The lowest BCUT2D eigenvalue weighted by molar-refractivity contribution is 0.102. The zero-order valence-electron chi connectivity index (χ0n) is 13.2. The van der Waals surface area contributed by atoms with Crippen LogP contribution in [0.2, 0.25) is 5.02 Å². The van der Waals surface area contributed by atoms with E-state index in [1.807, 2.05) is 0 Å². The summed E-state index contributed by atoms with van der Waals surface area (Å²) in [5.74, 6) is -0.422. The maximum Gasteiger partial charge on any atom is 0.259 e. The van der Waals surface area contributed by atoms with Crippen LogP contribution < -0.4 is 5.32 Å². The summed E-state index contributed by atoms with van der Waals surface area (Å²) in [7, 11) is -3.36. The van der Waals surface area contributed by atoms with Gasteiger partial charge >= 0.3 is 0 Å². The van der Waals surface area contributed by atoms with Gasteiger partial charge in [0.15, 0.2) is 9.84 Å². The van der Waals surface area contributed by atoms with Crippen molar-refractivity contribution in [3.05, 3.63) is 65.3 Å². The highest BCUT2D eigenvalue weighted by atomic mass is 35.5. The van der Waals surface area contributed by atoms with E-state index >= 15 is 0 Å². The number of aromatic amines is 1. The van der Waals surface area contributed by atoms with Crippen molar-refractivity contribution in [2.75, 3.05) is 11.6 Å². The van der Waals surface area contributed by atoms with E-state index in [1.165, 1.54) is 18.3 Å². The number of hydrogen-bond donors (Lipinski definition) is 2. The number of aromatic nitrogens is 2. The molecule has 0 aliphatic heterocycles. The molecule has 2 aromatic carbocycles. The van der Waals surface area contributed by atoms with Crippen LogP contribution in [0.1, 0.15) is 10.4 Å². The molecule has 3 rings (SSSR count). The highest BCUT2D eigenvalue weighted by Crippen LogP contribution is 2.29. The normalized spacial score (nSPS) is 11.3. The Hall–Kier alpha value is -2.64. The molecular formula is C17H14ClN3O3S. The van der Waals surface area contributed by atoms with Crippen LogP contribution >= 0.6 is 11.6 Å². The average Bonchev–Trinajstić information content (AvgIpc) is 3.04. The molecule has 128 valence electrons. The number of rotatable bonds is 4. The lowest BCUT2D eigenvalue weighted by Gasteiger charge is -2.08. The number of benzene rings is 2. The molecule has 1 aromatic heterocycles. The minimum Gasteiger partial charge on any atom is -0.322 e. The fourth-order valence-corrected chi connectivity index (χ4v) is 3.23. The highest BCUT2D eigenvalue weighted by Gasteiger charge is 2.17. The van der Waals surface area contributed by atoms with Crippen molar-refractivity contribution >= 4 is 33.0 Å². The summed E-state index contributed by atoms with van der Waals surface area (Å²) >= 11 is 6.18. The molecule has 0 unspecified atom stereocenters. The third-order valence-electron chi connectivity index (χ3n) is 3.55. The van der Waals surface area contributed by atoms with Crippen molar-refractivity contribution in [2.24, 2.45) is 0 Å². The lowest BCUT2D eigenvalue weighted by atomic mass is 10.1. The molecule has 3 aromatic rings. The number of hydrogen-bond acceptors (Lipinski definition) is 4. The number of carbonyl (C=O) groups excluding carboxylic acids is 1. The largest absolute Gasteiger partial charge is 0.322 e. The van der Waals surface area contributed by atoms with E-state index < -0.39 is 15.7 Å². The second-order valence-electron chi connectivity index (χ2n) is 5.39. The Labute approximate surface area is 149 Å². The van der Waals surface area contributed by atoms with E-state index in [0.29, 0.717) is 27.5 Å². The van der Waals surface area contributed by atoms with Gasteiger partial charge in [-0.2, -0.15) is 5.10 Å². The van der Waals surface area contributed by atoms with Crippen LogP contribution in [0.25, 0.3) is 11.3 Å². The van der Waals surface area contributed by atoms with E-state index in [4.69, 9.17) is 11.6 Å². The molecule has 1 amide bonds. The maximum absolute atomic E-state index is 12.6. The van der Waals surface area contributed by atoms with Crippen molar-refractivity contribution in [1.82, 2.24) is 10.2 Å². The van der Waals surface area contributed by atoms with Crippen LogP contribution in [-0.4, -0.2) is 30.8 Å². The Kier molecular flexibility index (Phi) is 4.61. The molecule has 2 N–H and O–H groups in total. The average molecular weight is 376 g/mol. The van der Waals surface area contributed by atoms with Crippen LogP contribution in [0, 0.1) is 0 Å². The Bertz CT molecular complexity index is 1040. The number of anilines is 1. The Balaban J connectivity index is 1.92. The SMILES string of the molecule is CS(=O)(=O)c1cccc(NC(=O)c2cn[nH]c2-c2ccccc2Cl)c1. The van der Waals surface area contributed by atoms with Gasteiger partial charge in [0.25, 0.3) is 5.91 Å². The summed E-state index contributed by atoms with van der Waals surface area (Å²) in [6.07, 6.45) is 2.51. The molecule has 0 saturated heterocycles. The summed E-state index contributed by atoms with van der Waals surface area (Å²) in [6.45, 7) is 0. The third-order valence-corrected chi connectivity index (χ3v) is 4.99. The first-order valence-corrected chi connectivity index (χ1v) is 9.53. The fourth-order valence-electron chi connectivity index (χ4n) is 2.33. The number of carbonyl (C=O) groups is 1. The minimum atomic E-state index is -3.36. The van der Waals surface area contributed by atoms with Gasteiger partial charge < -0.3 is 5.32 Å². The van der Waals surface area contributed by atoms with Gasteiger partial charge in [0.1, 0.15) is 0 Å². The van der Waals surface area contributed by atoms with E-state index in [0.717, 1.165) is 6.26 Å². The Morgan fingerprint density at radius 2 is 1.92 bits per heavy atom. The van der Waals surface area contributed by atoms with Gasteiger partial charge in [0.05, 0.1) is 22.3 Å². The van der Waals surface area contributed by atoms with Gasteiger partial charge in [-0.25, -0.2) is 8.42 Å². The zero-order valence-corrected chi connectivity index (χ0v) is 14.7. The van der Waals surface area contributed by atoms with Crippen LogP contribution in [0.4, 0.5) is 5.69 Å². The highest BCUT2D eigenvalue weighted by molar-refractivity contribution is 7.90. The summed E-state index contributed by atoms with van der Waals surface area (Å²) in [4.78, 5) is 12.7. The van der Waals surface area contributed by atoms with Gasteiger partial charge in [0.2, 0.25) is 0 Å². The van der Waals surface area contributed by atoms with E-state index in [-0.39, 0.29) is 4.90 Å². The topological polar surface area (TPSA) is 91.9 Å². The molecule has 8 heteroatoms. The van der Waals surface area contributed by atoms with Crippen molar-refractivity contribution in [3.63, 3.8) is 0 Å². The van der Waals surface area contributed by atoms with Crippen molar-refractivity contribution in [3.8, 4) is 11.3 Å². The predicted molar refractivity (Wildman–Crippen MR) is 96.5 cm³/mol. The minimum absolute atomic E-state index is 0.129. The molecule has 0 radical (unpaired) electrons. The maximum atomic E-state index is 12.6. The quantitative estimate of drug-likeness (QED) is 0.731. The van der Waals surface area contributed by atoms with Crippen molar-refractivity contribution in [2.45, 2.75) is 4.90 Å². The third kappa shape index (κ3) is 3.72. The van der Waals surface area contributed by atoms with Gasteiger partial charge in [-0.3, -0.25) is 9.89 Å². The van der Waals surface area contributed by atoms with E-state index in [9.17, 15) is 13.2 Å². The number of halogens is 1. The first-order valence-electron chi connectivity index (χ1n) is 7.26. The molecule has 0 spiro atoms. The van der Waals surface area contributed by atoms with Gasteiger partial charge in [-0.05, 0) is 24.3 Å². The van der Waals surface area contributed by atoms with Crippen LogP contribution in [-0.2, 0) is 9.84 Å². The predicted octanol–water partition coefficient (Wildman–Crippen LogP) is 3.39. The second kappa shape index (κ2) is 6.70. The number of amides is 1. The molecule has 1 heterocycles. The van der Waals surface area contributed by atoms with Crippen molar-refractivity contribution < 1.29 is 13.2 Å². The Morgan fingerprint density at radius 3 is 2.64 bits per heavy atom. The standard InChI is InChI=1S/C17H14ClN3O3S/c1-25(23,24)12-6-4-5-11(9-12)20-17(22)14-10-19-21-16(14)13-7-2-3-8-15(13)18/h2-10H,1H3,(H,19,21)(H,20,22). The van der Waals surface area contributed by atoms with Gasteiger partial charge in [-0.1, -0.05) is 35.9 Å². The molecule has 25 heavy (non-hydrogen) atoms. The van der Waals surface area contributed by atoms with E-state index in [2.05, 4.69) is 15.5 Å². The number of sulfone groups is 1. The molecule has 0 bridgehead atoms. The van der Waals surface area contributed by atoms with Crippen molar-refractivity contribution in [1.29, 1.82) is 0 Å². The van der Waals surface area contributed by atoms with Crippen LogP contribution in [0.15, 0.2) is 59.6 Å². The van der Waals surface area contributed by atoms with Gasteiger partial charge in [-0.15, -0.1) is 0 Å². The lowest BCUT2D eigenvalue weighted by Crippen LogP contribution is -2.12. The van der Waals surface area contributed by atoms with Gasteiger partial charge in [0, 0.05) is 22.5 Å². The van der Waals surface area contributed by atoms with E-state index in [1.54, 1.807) is 36.4 Å². The Morgan fingerprint density at radius 1 is 1.16 bits per heavy atom. The van der Waals surface area contributed by atoms with Crippen LogP contribution in [0.3, 0.4) is 0 Å². The fraction of sp³-hybridized carbons (Fsp3) is 0.0588. The summed E-state index contributed by atoms with van der Waals surface area (Å²) in [5, 5.41) is 9.86. The molecule has 0 aliphatic carbocycles. The number of H-pyrrole nitrogens is 1. The summed E-state index contributed by atoms with van der Waals surface area (Å²) in [6, 6.07) is 13.1. The first-order chi connectivity index (χ1) is 11.9. The monoisotopic (exact) mass is 375 g/mol. The number of nitrogens with one attached hydrogen (secondary N) is 2. The zero-order chi connectivity index (χ0) is 18.0. The smallest absolute Gasteiger partial charge is 0.259 e. The van der Waals surface area contributed by atoms with Crippen LogP contribution in [0.5, 0.6) is 0 Å². The first kappa shape index (κ1) is 17.2. The molecule has 0 aliphatic rings. The molecule has 6 nitrogen and oxygen atoms in total. The second-order valence-corrected chi connectivity index (χ2v) is 7.82. The summed E-state index contributed by atoms with van der Waals surface area (Å²) in [5.41, 5.74) is 1.82. The molecule has 0 saturated carbocycles. The molecular weight excluding hydrogens is 362 g/mol. The molecule has 0 fully saturated rings.